The first-order valence-electron chi connectivity index (χ1n) is 9.12. The summed E-state index contributed by atoms with van der Waals surface area (Å²) in [6.07, 6.45) is 5.34. The van der Waals surface area contributed by atoms with Gasteiger partial charge in [0.25, 0.3) is 5.56 Å². The van der Waals surface area contributed by atoms with Crippen LogP contribution in [0.25, 0.3) is 10.9 Å². The number of halogens is 1. The quantitative estimate of drug-likeness (QED) is 0.498. The van der Waals surface area contributed by atoms with Crippen molar-refractivity contribution in [2.24, 2.45) is 11.0 Å². The molecule has 1 N–H and O–H groups in total. The fraction of sp³-hybridized carbons (Fsp3) is 0.250. The summed E-state index contributed by atoms with van der Waals surface area (Å²) in [5, 5.41) is 14.5. The Morgan fingerprint density at radius 3 is 2.86 bits per heavy atom. The second kappa shape index (κ2) is 7.89. The van der Waals surface area contributed by atoms with Crippen molar-refractivity contribution >= 4 is 34.5 Å². The van der Waals surface area contributed by atoms with Gasteiger partial charge in [-0.25, -0.2) is 9.36 Å². The van der Waals surface area contributed by atoms with E-state index >= 15 is 0 Å². The Hall–Kier alpha value is -3.44. The van der Waals surface area contributed by atoms with Gasteiger partial charge < -0.3 is 0 Å². The maximum absolute atomic E-state index is 12.7. The number of fused-ring (bicyclic) bond motifs is 1. The zero-order chi connectivity index (χ0) is 20.4. The zero-order valence-electron chi connectivity index (χ0n) is 15.4. The lowest BCUT2D eigenvalue weighted by Crippen LogP contribution is -2.40. The molecule has 2 heterocycles. The number of hydrogen-bond donors (Lipinski definition) is 1. The van der Waals surface area contributed by atoms with Crippen LogP contribution < -0.4 is 16.7 Å². The van der Waals surface area contributed by atoms with Gasteiger partial charge in [-0.05, 0) is 43.0 Å². The summed E-state index contributed by atoms with van der Waals surface area (Å²) < 4.78 is 2.39. The molecule has 0 bridgehead atoms. The molecule has 1 aromatic carbocycles. The van der Waals surface area contributed by atoms with Crippen molar-refractivity contribution in [2.75, 3.05) is 5.43 Å². The van der Waals surface area contributed by atoms with E-state index in [1.165, 1.54) is 10.6 Å². The largest absolute Gasteiger partial charge is 0.333 e. The predicted molar refractivity (Wildman–Crippen MR) is 111 cm³/mol. The highest BCUT2D eigenvalue weighted by Gasteiger charge is 2.24. The van der Waals surface area contributed by atoms with Crippen molar-refractivity contribution in [3.8, 4) is 6.07 Å². The van der Waals surface area contributed by atoms with Gasteiger partial charge in [-0.15, -0.1) is 0 Å². The molecule has 0 amide bonds. The highest BCUT2D eigenvalue weighted by Crippen LogP contribution is 2.30. The molecule has 3 aromatic rings. The molecule has 0 saturated heterocycles. The van der Waals surface area contributed by atoms with Gasteiger partial charge >= 0.3 is 5.69 Å². The van der Waals surface area contributed by atoms with Gasteiger partial charge in [0.2, 0.25) is 0 Å². The third kappa shape index (κ3) is 4.05. The van der Waals surface area contributed by atoms with E-state index in [-0.39, 0.29) is 6.54 Å². The maximum Gasteiger partial charge on any atom is 0.333 e. The molecule has 1 saturated carbocycles. The summed E-state index contributed by atoms with van der Waals surface area (Å²) in [7, 11) is 0. The molecule has 0 atom stereocenters. The molecule has 4 rings (SSSR count). The van der Waals surface area contributed by atoms with Crippen molar-refractivity contribution in [3.05, 3.63) is 68.0 Å². The Balaban J connectivity index is 1.68. The number of aromatic nitrogens is 3. The van der Waals surface area contributed by atoms with Crippen LogP contribution in [-0.4, -0.2) is 20.3 Å². The predicted octanol–water partition coefficient (Wildman–Crippen LogP) is 2.59. The Morgan fingerprint density at radius 2 is 2.10 bits per heavy atom. The van der Waals surface area contributed by atoms with Gasteiger partial charge in [-0.1, -0.05) is 11.6 Å². The van der Waals surface area contributed by atoms with Crippen LogP contribution in [0.15, 0.2) is 51.2 Å². The minimum absolute atomic E-state index is 0.282. The van der Waals surface area contributed by atoms with Gasteiger partial charge in [0.1, 0.15) is 12.4 Å². The number of hydrogen-bond acceptors (Lipinski definition) is 6. The molecule has 8 nitrogen and oxygen atoms in total. The molecule has 2 aromatic heterocycles. The van der Waals surface area contributed by atoms with E-state index in [1.807, 2.05) is 12.1 Å². The first-order valence-corrected chi connectivity index (χ1v) is 9.49. The van der Waals surface area contributed by atoms with Crippen LogP contribution >= 0.6 is 11.6 Å². The first kappa shape index (κ1) is 18.9. The summed E-state index contributed by atoms with van der Waals surface area (Å²) in [6.45, 7) is 0.200. The highest BCUT2D eigenvalue weighted by atomic mass is 35.5. The minimum atomic E-state index is -0.539. The molecule has 0 radical (unpaired) electrons. The van der Waals surface area contributed by atoms with Crippen LogP contribution in [0.1, 0.15) is 18.4 Å². The number of nitriles is 1. The molecular weight excluding hydrogens is 392 g/mol. The fourth-order valence-corrected chi connectivity index (χ4v) is 3.25. The average molecular weight is 409 g/mol. The molecule has 29 heavy (non-hydrogen) atoms. The lowest BCUT2D eigenvalue weighted by molar-refractivity contribution is 0.555. The second-order valence-electron chi connectivity index (χ2n) is 6.88. The smallest absolute Gasteiger partial charge is 0.278 e. The van der Waals surface area contributed by atoms with Crippen LogP contribution in [0.3, 0.4) is 0 Å². The molecule has 1 fully saturated rings. The third-order valence-electron chi connectivity index (χ3n) is 4.77. The van der Waals surface area contributed by atoms with E-state index in [9.17, 15) is 9.59 Å². The molecule has 1 aliphatic rings. The monoisotopic (exact) mass is 408 g/mol. The fourth-order valence-electron chi connectivity index (χ4n) is 3.08. The Labute approximate surface area is 170 Å². The number of nitrogens with one attached hydrogen (secondary N) is 1. The molecule has 146 valence electrons. The molecular formula is C20H17ClN6O2. The van der Waals surface area contributed by atoms with Crippen molar-refractivity contribution in [3.63, 3.8) is 0 Å². The van der Waals surface area contributed by atoms with Crippen molar-refractivity contribution in [1.82, 2.24) is 14.1 Å². The van der Waals surface area contributed by atoms with E-state index in [1.54, 1.807) is 30.6 Å². The summed E-state index contributed by atoms with van der Waals surface area (Å²) in [4.78, 5) is 29.2. The molecule has 0 unspecified atom stereocenters. The molecule has 0 aliphatic heterocycles. The molecule has 0 spiro atoms. The molecule has 1 aliphatic carbocycles. The van der Waals surface area contributed by atoms with E-state index < -0.39 is 11.2 Å². The van der Waals surface area contributed by atoms with Crippen molar-refractivity contribution in [1.29, 1.82) is 5.26 Å². The zero-order valence-corrected chi connectivity index (χ0v) is 16.1. The van der Waals surface area contributed by atoms with E-state index in [2.05, 4.69) is 15.5 Å². The maximum atomic E-state index is 12.7. The van der Waals surface area contributed by atoms with Gasteiger partial charge in [0.15, 0.2) is 0 Å². The lowest BCUT2D eigenvalue weighted by Gasteiger charge is -2.13. The summed E-state index contributed by atoms with van der Waals surface area (Å²) >= 11 is 6.09. The van der Waals surface area contributed by atoms with E-state index in [4.69, 9.17) is 16.9 Å². The van der Waals surface area contributed by atoms with Crippen molar-refractivity contribution in [2.45, 2.75) is 25.9 Å². The normalized spacial score (nSPS) is 13.7. The summed E-state index contributed by atoms with van der Waals surface area (Å²) in [5.74, 6) is 0.699. The number of anilines is 1. The topological polar surface area (TPSA) is 105 Å². The van der Waals surface area contributed by atoms with Crippen LogP contribution in [0.4, 0.5) is 5.82 Å². The second-order valence-corrected chi connectivity index (χ2v) is 7.32. The minimum Gasteiger partial charge on any atom is -0.278 e. The lowest BCUT2D eigenvalue weighted by atomic mass is 10.1. The summed E-state index contributed by atoms with van der Waals surface area (Å²) in [6, 6.07) is 10.3. The molecule has 9 heteroatoms. The van der Waals surface area contributed by atoms with Crippen LogP contribution in [-0.2, 0) is 13.1 Å². The van der Waals surface area contributed by atoms with Crippen molar-refractivity contribution < 1.29 is 0 Å². The van der Waals surface area contributed by atoms with E-state index in [0.717, 1.165) is 33.9 Å². The highest BCUT2D eigenvalue weighted by molar-refractivity contribution is 6.31. The third-order valence-corrected chi connectivity index (χ3v) is 5.00. The number of hydrazone groups is 1. The summed E-state index contributed by atoms with van der Waals surface area (Å²) in [5.41, 5.74) is 3.33. The first-order chi connectivity index (χ1) is 14.1. The number of pyridine rings is 1. The number of benzene rings is 1. The average Bonchev–Trinajstić information content (AvgIpc) is 3.52. The number of nitrogens with zero attached hydrogens (tertiary/aromatic N) is 5. The standard InChI is InChI=1S/C20H17ClN6O2/c21-15-3-4-17-16(9-15)14(5-7-23-17)11-24-25-18-10-19(28)26(8-6-22)20(29)27(18)12-13-1-2-13/h3-5,7,9-11,13,25H,1-2,8,12H2/b24-11+. The van der Waals surface area contributed by atoms with Crippen LogP contribution in [0, 0.1) is 17.2 Å². The van der Waals surface area contributed by atoms with Gasteiger partial charge in [-0.3, -0.25) is 19.8 Å². The number of rotatable bonds is 6. The SMILES string of the molecule is N#CCn1c(=O)cc(N/N=C/c2ccnc3ccc(Cl)cc23)n(CC2CC2)c1=O. The van der Waals surface area contributed by atoms with Crippen LogP contribution in [0.5, 0.6) is 0 Å². The van der Waals surface area contributed by atoms with Gasteiger partial charge in [-0.2, -0.15) is 10.4 Å². The van der Waals surface area contributed by atoms with Crippen LogP contribution in [0.2, 0.25) is 5.02 Å². The van der Waals surface area contributed by atoms with Gasteiger partial charge in [0, 0.05) is 34.8 Å². The Kier molecular flexibility index (Phi) is 5.14. The Bertz CT molecular complexity index is 1270. The Morgan fingerprint density at radius 1 is 1.28 bits per heavy atom. The van der Waals surface area contributed by atoms with E-state index in [0.29, 0.717) is 23.3 Å². The van der Waals surface area contributed by atoms with Gasteiger partial charge in [0.05, 0.1) is 17.8 Å².